The van der Waals surface area contributed by atoms with Crippen molar-refractivity contribution in [2.45, 2.75) is 32.1 Å². The van der Waals surface area contributed by atoms with E-state index in [1.54, 1.807) is 30.6 Å². The number of pyridine rings is 2. The summed E-state index contributed by atoms with van der Waals surface area (Å²) in [7, 11) is 0. The summed E-state index contributed by atoms with van der Waals surface area (Å²) in [6.07, 6.45) is 5.77. The average Bonchev–Trinajstić information content (AvgIpc) is 2.75. The molecule has 1 atom stereocenters. The molecule has 29 heavy (non-hydrogen) atoms. The summed E-state index contributed by atoms with van der Waals surface area (Å²) < 4.78 is 14.1. The maximum atomic E-state index is 14.1. The smallest absolute Gasteiger partial charge is 0.253 e. The van der Waals surface area contributed by atoms with Crippen molar-refractivity contribution < 1.29 is 9.18 Å². The molecule has 0 spiro atoms. The Hall–Kier alpha value is -3.08. The molecule has 0 unspecified atom stereocenters. The Labute approximate surface area is 170 Å². The molecule has 1 aromatic carbocycles. The van der Waals surface area contributed by atoms with E-state index >= 15 is 0 Å². The van der Waals surface area contributed by atoms with E-state index in [1.165, 1.54) is 6.07 Å². The van der Waals surface area contributed by atoms with Crippen molar-refractivity contribution in [2.24, 2.45) is 0 Å². The second-order valence-electron chi connectivity index (χ2n) is 7.64. The Morgan fingerprint density at radius 2 is 1.97 bits per heavy atom. The van der Waals surface area contributed by atoms with E-state index in [0.717, 1.165) is 36.3 Å². The second-order valence-corrected chi connectivity index (χ2v) is 7.64. The molecule has 1 aliphatic heterocycles. The maximum absolute atomic E-state index is 14.1. The number of benzene rings is 1. The summed E-state index contributed by atoms with van der Waals surface area (Å²) in [6.45, 7) is 3.37. The van der Waals surface area contributed by atoms with Crippen LogP contribution in [0.3, 0.4) is 0 Å². The summed E-state index contributed by atoms with van der Waals surface area (Å²) in [5, 5.41) is 0. The number of likely N-dealkylation sites (tertiary alicyclic amines) is 1. The van der Waals surface area contributed by atoms with Gasteiger partial charge in [-0.3, -0.25) is 14.8 Å². The van der Waals surface area contributed by atoms with E-state index in [9.17, 15) is 9.18 Å². The maximum Gasteiger partial charge on any atom is 0.253 e. The fourth-order valence-corrected chi connectivity index (χ4v) is 4.02. The van der Waals surface area contributed by atoms with Crippen LogP contribution in [0.25, 0.3) is 0 Å². The van der Waals surface area contributed by atoms with Gasteiger partial charge in [0.15, 0.2) is 0 Å². The zero-order valence-corrected chi connectivity index (χ0v) is 16.5. The Kier molecular flexibility index (Phi) is 5.65. The summed E-state index contributed by atoms with van der Waals surface area (Å²) in [5.74, 6) is 0.0421. The highest BCUT2D eigenvalue weighted by Gasteiger charge is 2.26. The van der Waals surface area contributed by atoms with Crippen molar-refractivity contribution in [3.8, 4) is 0 Å². The fourth-order valence-electron chi connectivity index (χ4n) is 4.02. The lowest BCUT2D eigenvalue weighted by Crippen LogP contribution is -2.39. The van der Waals surface area contributed by atoms with Gasteiger partial charge in [-0.25, -0.2) is 4.39 Å². The molecule has 2 aromatic heterocycles. The number of amides is 1. The summed E-state index contributed by atoms with van der Waals surface area (Å²) in [6, 6.07) is 14.5. The van der Waals surface area contributed by atoms with Gasteiger partial charge in [0.25, 0.3) is 5.91 Å². The van der Waals surface area contributed by atoms with E-state index in [0.29, 0.717) is 24.1 Å². The number of aryl methyl sites for hydroxylation is 1. The minimum Gasteiger partial charge on any atom is -0.338 e. The molecule has 148 valence electrons. The molecule has 3 heterocycles. The van der Waals surface area contributed by atoms with Crippen molar-refractivity contribution in [2.75, 3.05) is 13.1 Å². The molecular weight excluding hydrogens is 365 g/mol. The topological polar surface area (TPSA) is 46.1 Å². The lowest BCUT2D eigenvalue weighted by atomic mass is 9.92. The highest BCUT2D eigenvalue weighted by atomic mass is 19.1. The van der Waals surface area contributed by atoms with Crippen LogP contribution in [-0.2, 0) is 6.42 Å². The van der Waals surface area contributed by atoms with Gasteiger partial charge in [0, 0.05) is 54.8 Å². The van der Waals surface area contributed by atoms with Gasteiger partial charge < -0.3 is 4.90 Å². The lowest BCUT2D eigenvalue weighted by Gasteiger charge is -2.33. The third-order valence-corrected chi connectivity index (χ3v) is 5.44. The van der Waals surface area contributed by atoms with Crippen LogP contribution in [0.1, 0.15) is 51.6 Å². The number of aromatic nitrogens is 2. The minimum atomic E-state index is -0.185. The van der Waals surface area contributed by atoms with E-state index in [1.807, 2.05) is 30.0 Å². The fraction of sp³-hybridized carbons (Fsp3) is 0.292. The van der Waals surface area contributed by atoms with Crippen LogP contribution in [0.15, 0.2) is 60.9 Å². The van der Waals surface area contributed by atoms with Crippen molar-refractivity contribution in [1.82, 2.24) is 14.9 Å². The highest BCUT2D eigenvalue weighted by molar-refractivity contribution is 5.94. The van der Waals surface area contributed by atoms with Gasteiger partial charge in [-0.2, -0.15) is 0 Å². The second kappa shape index (κ2) is 8.52. The van der Waals surface area contributed by atoms with E-state index in [-0.39, 0.29) is 17.6 Å². The Morgan fingerprint density at radius 3 is 2.76 bits per heavy atom. The lowest BCUT2D eigenvalue weighted by molar-refractivity contribution is 0.0705. The number of nitrogens with zero attached hydrogens (tertiary/aromatic N) is 3. The zero-order chi connectivity index (χ0) is 20.2. The predicted molar refractivity (Wildman–Crippen MR) is 110 cm³/mol. The van der Waals surface area contributed by atoms with E-state index < -0.39 is 0 Å². The molecule has 0 N–H and O–H groups in total. The first kappa shape index (κ1) is 19.2. The van der Waals surface area contributed by atoms with Gasteiger partial charge in [-0.05, 0) is 61.2 Å². The van der Waals surface area contributed by atoms with Gasteiger partial charge in [-0.1, -0.05) is 18.2 Å². The average molecular weight is 389 g/mol. The first-order chi connectivity index (χ1) is 14.1. The van der Waals surface area contributed by atoms with Gasteiger partial charge in [0.2, 0.25) is 0 Å². The van der Waals surface area contributed by atoms with Crippen molar-refractivity contribution in [3.63, 3.8) is 0 Å². The van der Waals surface area contributed by atoms with Crippen molar-refractivity contribution in [3.05, 3.63) is 94.8 Å². The van der Waals surface area contributed by atoms with Crippen LogP contribution in [0.4, 0.5) is 4.39 Å². The third-order valence-electron chi connectivity index (χ3n) is 5.44. The Morgan fingerprint density at radius 1 is 1.17 bits per heavy atom. The molecule has 0 saturated carbocycles. The quantitative estimate of drug-likeness (QED) is 0.658. The SMILES string of the molecule is Cc1cc(Cc2ccccc2F)cc([C@@H]2CCCN(C(=O)c3ccncc3)C2)n1. The van der Waals surface area contributed by atoms with Crippen LogP contribution < -0.4 is 0 Å². The number of carbonyl (C=O) groups excluding carboxylic acids is 1. The molecule has 3 aromatic rings. The molecule has 1 aliphatic rings. The molecule has 1 fully saturated rings. The molecule has 4 rings (SSSR count). The summed E-state index contributed by atoms with van der Waals surface area (Å²) in [5.41, 5.74) is 4.31. The number of hydrogen-bond donors (Lipinski definition) is 0. The number of carbonyl (C=O) groups is 1. The molecular formula is C24H24FN3O. The molecule has 4 nitrogen and oxygen atoms in total. The molecule has 0 radical (unpaired) electrons. The summed E-state index contributed by atoms with van der Waals surface area (Å²) in [4.78, 5) is 23.5. The van der Waals surface area contributed by atoms with Crippen LogP contribution >= 0.6 is 0 Å². The number of rotatable bonds is 4. The van der Waals surface area contributed by atoms with E-state index in [2.05, 4.69) is 11.1 Å². The monoisotopic (exact) mass is 389 g/mol. The van der Waals surface area contributed by atoms with Crippen LogP contribution in [0.5, 0.6) is 0 Å². The van der Waals surface area contributed by atoms with Crippen LogP contribution in [0, 0.1) is 12.7 Å². The normalized spacial score (nSPS) is 16.6. The number of halogens is 1. The van der Waals surface area contributed by atoms with Crippen molar-refractivity contribution >= 4 is 5.91 Å². The highest BCUT2D eigenvalue weighted by Crippen LogP contribution is 2.28. The molecule has 0 bridgehead atoms. The molecule has 1 saturated heterocycles. The number of piperidine rings is 1. The van der Waals surface area contributed by atoms with Gasteiger partial charge in [-0.15, -0.1) is 0 Å². The predicted octanol–water partition coefficient (Wildman–Crippen LogP) is 4.53. The van der Waals surface area contributed by atoms with Crippen LogP contribution in [-0.4, -0.2) is 33.9 Å². The Bertz CT molecular complexity index is 1010. The van der Waals surface area contributed by atoms with Gasteiger partial charge in [0.05, 0.1) is 0 Å². The van der Waals surface area contributed by atoms with Gasteiger partial charge in [0.1, 0.15) is 5.82 Å². The molecule has 1 amide bonds. The van der Waals surface area contributed by atoms with Crippen molar-refractivity contribution in [1.29, 1.82) is 0 Å². The Balaban J connectivity index is 1.54. The number of hydrogen-bond acceptors (Lipinski definition) is 3. The largest absolute Gasteiger partial charge is 0.338 e. The first-order valence-electron chi connectivity index (χ1n) is 10.0. The first-order valence-corrected chi connectivity index (χ1v) is 10.0. The third kappa shape index (κ3) is 4.50. The van der Waals surface area contributed by atoms with Crippen LogP contribution in [0.2, 0.25) is 0 Å². The summed E-state index contributed by atoms with van der Waals surface area (Å²) >= 11 is 0. The zero-order valence-electron chi connectivity index (χ0n) is 16.5. The standard InChI is InChI=1S/C24H24FN3O/c1-17-13-18(14-20-5-2-3-7-22(20)25)15-23(27-17)21-6-4-12-28(16-21)24(29)19-8-10-26-11-9-19/h2-3,5,7-11,13,15,21H,4,6,12,14,16H2,1H3/t21-/m1/s1. The molecule has 0 aliphatic carbocycles. The minimum absolute atomic E-state index is 0.0383. The molecule has 5 heteroatoms. The van der Waals surface area contributed by atoms with E-state index in [4.69, 9.17) is 4.98 Å². The van der Waals surface area contributed by atoms with Gasteiger partial charge >= 0.3 is 0 Å².